The summed E-state index contributed by atoms with van der Waals surface area (Å²) in [5.41, 5.74) is 1.34. The molecule has 0 spiro atoms. The minimum absolute atomic E-state index is 0.275. The molecule has 0 radical (unpaired) electrons. The standard InChI is InChI=1S/C12H12N2O4/c15-7-3-1-5-9(11(7)17)14-6-2-4-8(16)12(18)10(6)13-5/h1-4,7-8,11-12,15-18H/t7-,8-,11-,12-/m0/s1. The molecule has 0 aliphatic heterocycles. The van der Waals surface area contributed by atoms with Crippen LogP contribution in [0, 0.1) is 0 Å². The predicted molar refractivity (Wildman–Crippen MR) is 62.0 cm³/mol. The molecule has 6 heteroatoms. The Bertz CT molecular complexity index is 506. The highest BCUT2D eigenvalue weighted by molar-refractivity contribution is 5.58. The van der Waals surface area contributed by atoms with E-state index in [0.29, 0.717) is 11.4 Å². The second-order valence-corrected chi connectivity index (χ2v) is 4.35. The van der Waals surface area contributed by atoms with Gasteiger partial charge in [0.2, 0.25) is 0 Å². The first-order chi connectivity index (χ1) is 8.58. The lowest BCUT2D eigenvalue weighted by Crippen LogP contribution is -2.26. The van der Waals surface area contributed by atoms with Gasteiger partial charge in [0.1, 0.15) is 24.4 Å². The van der Waals surface area contributed by atoms with Crippen molar-refractivity contribution >= 4 is 12.2 Å². The van der Waals surface area contributed by atoms with E-state index in [1.165, 1.54) is 24.3 Å². The van der Waals surface area contributed by atoms with Gasteiger partial charge in [-0.05, 0) is 12.2 Å². The summed E-state index contributed by atoms with van der Waals surface area (Å²) in [5, 5.41) is 38.6. The third-order valence-corrected chi connectivity index (χ3v) is 3.12. The van der Waals surface area contributed by atoms with Crippen LogP contribution in [0.1, 0.15) is 35.0 Å². The molecule has 2 aliphatic rings. The lowest BCUT2D eigenvalue weighted by atomic mass is 9.97. The van der Waals surface area contributed by atoms with E-state index in [4.69, 9.17) is 0 Å². The van der Waals surface area contributed by atoms with Crippen LogP contribution in [0.15, 0.2) is 12.2 Å². The van der Waals surface area contributed by atoms with Crippen molar-refractivity contribution in [3.63, 3.8) is 0 Å². The highest BCUT2D eigenvalue weighted by atomic mass is 16.3. The summed E-state index contributed by atoms with van der Waals surface area (Å²) in [4.78, 5) is 8.38. The molecule has 4 atom stereocenters. The Kier molecular flexibility index (Phi) is 2.53. The molecular weight excluding hydrogens is 236 g/mol. The van der Waals surface area contributed by atoms with Gasteiger partial charge in [-0.3, -0.25) is 0 Å². The van der Waals surface area contributed by atoms with Crippen LogP contribution in [0.3, 0.4) is 0 Å². The van der Waals surface area contributed by atoms with Crippen molar-refractivity contribution in [1.82, 2.24) is 9.97 Å². The largest absolute Gasteiger partial charge is 0.386 e. The van der Waals surface area contributed by atoms with E-state index in [2.05, 4.69) is 9.97 Å². The molecule has 1 aromatic heterocycles. The Labute approximate surface area is 103 Å². The molecule has 0 saturated heterocycles. The smallest absolute Gasteiger partial charge is 0.128 e. The van der Waals surface area contributed by atoms with Gasteiger partial charge in [-0.25, -0.2) is 9.97 Å². The average Bonchev–Trinajstić information content (AvgIpc) is 2.38. The summed E-state index contributed by atoms with van der Waals surface area (Å²) in [6, 6.07) is 0. The number of hydrogen-bond acceptors (Lipinski definition) is 6. The third kappa shape index (κ3) is 1.58. The SMILES string of the molecule is O[C@@H]1c2nc3c(nc2C=C[C@@H]1O)[C@@H](O)[C@@H](O)C=C3. The van der Waals surface area contributed by atoms with Crippen LogP contribution in [0.25, 0.3) is 12.2 Å². The maximum absolute atomic E-state index is 9.81. The second-order valence-electron chi connectivity index (χ2n) is 4.35. The Balaban J connectivity index is 2.16. The molecule has 94 valence electrons. The summed E-state index contributed by atoms with van der Waals surface area (Å²) in [6.07, 6.45) is 1.64. The van der Waals surface area contributed by atoms with Gasteiger partial charge in [0, 0.05) is 0 Å². The molecule has 1 aromatic rings. The van der Waals surface area contributed by atoms with Crippen LogP contribution in [-0.4, -0.2) is 42.6 Å². The molecule has 0 bridgehead atoms. The van der Waals surface area contributed by atoms with Gasteiger partial charge in [0.15, 0.2) is 0 Å². The maximum atomic E-state index is 9.81. The van der Waals surface area contributed by atoms with Gasteiger partial charge in [0.05, 0.1) is 22.8 Å². The van der Waals surface area contributed by atoms with E-state index < -0.39 is 24.4 Å². The van der Waals surface area contributed by atoms with Crippen LogP contribution < -0.4 is 0 Å². The van der Waals surface area contributed by atoms with E-state index in [0.717, 1.165) is 0 Å². The minimum atomic E-state index is -1.12. The fourth-order valence-electron chi connectivity index (χ4n) is 2.08. The van der Waals surface area contributed by atoms with Crippen molar-refractivity contribution in [2.75, 3.05) is 0 Å². The Morgan fingerprint density at radius 2 is 1.11 bits per heavy atom. The lowest BCUT2D eigenvalue weighted by molar-refractivity contribution is 0.0388. The molecule has 18 heavy (non-hydrogen) atoms. The number of aliphatic hydroxyl groups is 4. The number of nitrogens with zero attached hydrogens (tertiary/aromatic N) is 2. The van der Waals surface area contributed by atoms with Crippen LogP contribution in [0.5, 0.6) is 0 Å². The summed E-state index contributed by atoms with van der Waals surface area (Å²) in [7, 11) is 0. The molecule has 0 saturated carbocycles. The van der Waals surface area contributed by atoms with Crippen molar-refractivity contribution in [3.8, 4) is 0 Å². The fourth-order valence-corrected chi connectivity index (χ4v) is 2.08. The third-order valence-electron chi connectivity index (χ3n) is 3.12. The molecule has 6 nitrogen and oxygen atoms in total. The zero-order chi connectivity index (χ0) is 12.9. The molecule has 0 aromatic carbocycles. The first kappa shape index (κ1) is 11.5. The molecular formula is C12H12N2O4. The highest BCUT2D eigenvalue weighted by Crippen LogP contribution is 2.31. The molecule has 1 heterocycles. The van der Waals surface area contributed by atoms with Gasteiger partial charge in [0.25, 0.3) is 0 Å². The Hall–Kier alpha value is -1.60. The normalized spacial score (nSPS) is 33.1. The van der Waals surface area contributed by atoms with Crippen molar-refractivity contribution in [2.24, 2.45) is 0 Å². The lowest BCUT2D eigenvalue weighted by Gasteiger charge is -2.25. The molecule has 2 aliphatic carbocycles. The summed E-state index contributed by atoms with van der Waals surface area (Å²) in [6.45, 7) is 0. The summed E-state index contributed by atoms with van der Waals surface area (Å²) >= 11 is 0. The summed E-state index contributed by atoms with van der Waals surface area (Å²) < 4.78 is 0. The van der Waals surface area contributed by atoms with Gasteiger partial charge in [-0.2, -0.15) is 0 Å². The van der Waals surface area contributed by atoms with Crippen molar-refractivity contribution in [3.05, 3.63) is 34.9 Å². The zero-order valence-electron chi connectivity index (χ0n) is 9.30. The number of hydrogen-bond donors (Lipinski definition) is 4. The van der Waals surface area contributed by atoms with Gasteiger partial charge < -0.3 is 20.4 Å². The van der Waals surface area contributed by atoms with E-state index in [1.807, 2.05) is 0 Å². The van der Waals surface area contributed by atoms with Crippen LogP contribution in [-0.2, 0) is 0 Å². The fraction of sp³-hybridized carbons (Fsp3) is 0.333. The van der Waals surface area contributed by atoms with Crippen molar-refractivity contribution in [1.29, 1.82) is 0 Å². The van der Waals surface area contributed by atoms with Crippen LogP contribution >= 0.6 is 0 Å². The highest BCUT2D eigenvalue weighted by Gasteiger charge is 2.30. The number of rotatable bonds is 0. The topological polar surface area (TPSA) is 107 Å². The minimum Gasteiger partial charge on any atom is -0.386 e. The second kappa shape index (κ2) is 3.96. The summed E-state index contributed by atoms with van der Waals surface area (Å²) in [5.74, 6) is 0. The van der Waals surface area contributed by atoms with E-state index in [1.54, 1.807) is 0 Å². The zero-order valence-corrected chi connectivity index (χ0v) is 9.30. The van der Waals surface area contributed by atoms with Crippen LogP contribution in [0.2, 0.25) is 0 Å². The molecule has 0 amide bonds. The van der Waals surface area contributed by atoms with Crippen LogP contribution in [0.4, 0.5) is 0 Å². The number of aromatic nitrogens is 2. The van der Waals surface area contributed by atoms with Crippen molar-refractivity contribution in [2.45, 2.75) is 24.4 Å². The van der Waals surface area contributed by atoms with E-state index >= 15 is 0 Å². The molecule has 4 N–H and O–H groups in total. The van der Waals surface area contributed by atoms with Gasteiger partial charge in [-0.1, -0.05) is 12.2 Å². The molecule has 3 rings (SSSR count). The van der Waals surface area contributed by atoms with Gasteiger partial charge in [-0.15, -0.1) is 0 Å². The maximum Gasteiger partial charge on any atom is 0.128 e. The first-order valence-electron chi connectivity index (χ1n) is 5.58. The van der Waals surface area contributed by atoms with E-state index in [9.17, 15) is 20.4 Å². The number of aliphatic hydroxyl groups excluding tert-OH is 4. The molecule has 0 fully saturated rings. The Morgan fingerprint density at radius 3 is 1.50 bits per heavy atom. The average molecular weight is 248 g/mol. The Morgan fingerprint density at radius 1 is 0.722 bits per heavy atom. The van der Waals surface area contributed by atoms with Crippen molar-refractivity contribution < 1.29 is 20.4 Å². The monoisotopic (exact) mass is 248 g/mol. The predicted octanol–water partition coefficient (Wildman–Crippen LogP) is -0.681. The van der Waals surface area contributed by atoms with Gasteiger partial charge >= 0.3 is 0 Å². The quantitative estimate of drug-likeness (QED) is 0.484. The van der Waals surface area contributed by atoms with E-state index in [-0.39, 0.29) is 11.4 Å². The number of fused-ring (bicyclic) bond motifs is 2. The molecule has 0 unspecified atom stereocenters. The first-order valence-corrected chi connectivity index (χ1v) is 5.58.